The standard InChI is InChI=1S/C18H19Cl2N3O2/c19-14-6-7-16(20)22-17(14)18(24)21-12-15(13-4-2-1-3-5-13)23-8-10-25-11-9-23/h1-7,15H,8-12H2,(H,21,24). The number of halogens is 2. The SMILES string of the molecule is O=C(NCC(c1ccccc1)N1CCOCC1)c1nc(Cl)ccc1Cl. The van der Waals surface area contributed by atoms with Crippen LogP contribution in [0.4, 0.5) is 0 Å². The summed E-state index contributed by atoms with van der Waals surface area (Å²) in [5.74, 6) is -0.332. The van der Waals surface area contributed by atoms with Gasteiger partial charge in [0.05, 0.1) is 24.3 Å². The summed E-state index contributed by atoms with van der Waals surface area (Å²) >= 11 is 11.9. The van der Waals surface area contributed by atoms with Crippen molar-refractivity contribution in [2.45, 2.75) is 6.04 Å². The fraction of sp³-hybridized carbons (Fsp3) is 0.333. The summed E-state index contributed by atoms with van der Waals surface area (Å²) < 4.78 is 5.44. The number of nitrogens with zero attached hydrogens (tertiary/aromatic N) is 2. The van der Waals surface area contributed by atoms with Gasteiger partial charge in [-0.2, -0.15) is 0 Å². The average molecular weight is 380 g/mol. The Morgan fingerprint density at radius 2 is 1.88 bits per heavy atom. The van der Waals surface area contributed by atoms with Crippen LogP contribution in [-0.4, -0.2) is 48.6 Å². The van der Waals surface area contributed by atoms with Gasteiger partial charge < -0.3 is 10.1 Å². The molecule has 2 heterocycles. The summed E-state index contributed by atoms with van der Waals surface area (Å²) in [7, 11) is 0. The fourth-order valence-corrected chi connectivity index (χ4v) is 3.21. The zero-order chi connectivity index (χ0) is 17.6. The Hall–Kier alpha value is -1.66. The van der Waals surface area contributed by atoms with Gasteiger partial charge in [0.25, 0.3) is 5.91 Å². The predicted octanol–water partition coefficient (Wildman–Crippen LogP) is 3.19. The third-order valence-corrected chi connectivity index (χ3v) is 4.67. The molecule has 0 spiro atoms. The number of rotatable bonds is 5. The fourth-order valence-electron chi connectivity index (χ4n) is 2.87. The molecule has 1 atom stereocenters. The first-order valence-electron chi connectivity index (χ1n) is 8.12. The predicted molar refractivity (Wildman–Crippen MR) is 98.2 cm³/mol. The minimum atomic E-state index is -0.332. The normalized spacial score (nSPS) is 16.4. The van der Waals surface area contributed by atoms with E-state index < -0.39 is 0 Å². The Kier molecular flexibility index (Phi) is 6.26. The van der Waals surface area contributed by atoms with E-state index in [4.69, 9.17) is 27.9 Å². The third-order valence-electron chi connectivity index (χ3n) is 4.15. The van der Waals surface area contributed by atoms with E-state index in [1.165, 1.54) is 0 Å². The molecule has 0 aliphatic carbocycles. The van der Waals surface area contributed by atoms with E-state index in [0.29, 0.717) is 19.8 Å². The molecule has 1 fully saturated rings. The van der Waals surface area contributed by atoms with Crippen LogP contribution in [0, 0.1) is 0 Å². The number of hydrogen-bond acceptors (Lipinski definition) is 4. The van der Waals surface area contributed by atoms with Crippen molar-refractivity contribution >= 4 is 29.1 Å². The number of carbonyl (C=O) groups is 1. The first kappa shape index (κ1) is 18.1. The lowest BCUT2D eigenvalue weighted by Gasteiger charge is -2.34. The van der Waals surface area contributed by atoms with Gasteiger partial charge in [0.15, 0.2) is 0 Å². The van der Waals surface area contributed by atoms with Gasteiger partial charge in [-0.3, -0.25) is 9.69 Å². The Bertz CT molecular complexity index is 722. The molecule has 1 saturated heterocycles. The van der Waals surface area contributed by atoms with Crippen molar-refractivity contribution in [2.24, 2.45) is 0 Å². The molecule has 0 saturated carbocycles. The Labute approximate surface area is 156 Å². The van der Waals surface area contributed by atoms with Gasteiger partial charge in [-0.15, -0.1) is 0 Å². The van der Waals surface area contributed by atoms with Gasteiger partial charge in [0, 0.05) is 19.6 Å². The molecule has 1 amide bonds. The second-order valence-corrected chi connectivity index (χ2v) is 6.54. The highest BCUT2D eigenvalue weighted by molar-refractivity contribution is 6.34. The largest absolute Gasteiger partial charge is 0.379 e. The summed E-state index contributed by atoms with van der Waals surface area (Å²) in [6.07, 6.45) is 0. The van der Waals surface area contributed by atoms with E-state index in [1.807, 2.05) is 18.2 Å². The van der Waals surface area contributed by atoms with Gasteiger partial charge >= 0.3 is 0 Å². The number of pyridine rings is 1. The Balaban J connectivity index is 1.74. The highest BCUT2D eigenvalue weighted by atomic mass is 35.5. The van der Waals surface area contributed by atoms with Crippen LogP contribution >= 0.6 is 23.2 Å². The minimum Gasteiger partial charge on any atom is -0.379 e. The van der Waals surface area contributed by atoms with Crippen LogP contribution in [0.5, 0.6) is 0 Å². The molecule has 3 rings (SSSR count). The quantitative estimate of drug-likeness (QED) is 0.810. The number of benzene rings is 1. The van der Waals surface area contributed by atoms with Crippen molar-refractivity contribution in [1.82, 2.24) is 15.2 Å². The van der Waals surface area contributed by atoms with Crippen molar-refractivity contribution < 1.29 is 9.53 Å². The summed E-state index contributed by atoms with van der Waals surface area (Å²) in [6.45, 7) is 3.49. The average Bonchev–Trinajstić information content (AvgIpc) is 2.65. The summed E-state index contributed by atoms with van der Waals surface area (Å²) in [6, 6.07) is 13.3. The highest BCUT2D eigenvalue weighted by Gasteiger charge is 2.24. The molecule has 132 valence electrons. The number of hydrogen-bond donors (Lipinski definition) is 1. The lowest BCUT2D eigenvalue weighted by Crippen LogP contribution is -2.44. The number of nitrogens with one attached hydrogen (secondary N) is 1. The zero-order valence-corrected chi connectivity index (χ0v) is 15.1. The van der Waals surface area contributed by atoms with Crippen LogP contribution in [0.25, 0.3) is 0 Å². The molecule has 0 radical (unpaired) electrons. The molecule has 1 aliphatic rings. The van der Waals surface area contributed by atoms with Crippen molar-refractivity contribution in [2.75, 3.05) is 32.8 Å². The first-order chi connectivity index (χ1) is 12.1. The topological polar surface area (TPSA) is 54.5 Å². The maximum Gasteiger partial charge on any atom is 0.271 e. The minimum absolute atomic E-state index is 0.0620. The van der Waals surface area contributed by atoms with Crippen molar-refractivity contribution in [1.29, 1.82) is 0 Å². The van der Waals surface area contributed by atoms with Crippen molar-refractivity contribution in [3.63, 3.8) is 0 Å². The summed E-state index contributed by atoms with van der Waals surface area (Å²) in [4.78, 5) is 18.8. The maximum atomic E-state index is 12.5. The van der Waals surface area contributed by atoms with Crippen LogP contribution in [0.2, 0.25) is 10.2 Å². The molecule has 1 N–H and O–H groups in total. The molecule has 1 unspecified atom stereocenters. The molecule has 25 heavy (non-hydrogen) atoms. The second kappa shape index (κ2) is 8.63. The van der Waals surface area contributed by atoms with Gasteiger partial charge in [-0.05, 0) is 17.7 Å². The molecule has 1 aromatic heterocycles. The number of carbonyl (C=O) groups excluding carboxylic acids is 1. The number of ether oxygens (including phenoxy) is 1. The highest BCUT2D eigenvalue weighted by Crippen LogP contribution is 2.22. The Morgan fingerprint density at radius 3 is 2.60 bits per heavy atom. The molecule has 0 bridgehead atoms. The number of amides is 1. The summed E-state index contributed by atoms with van der Waals surface area (Å²) in [5, 5.41) is 3.46. The molecular weight excluding hydrogens is 361 g/mol. The molecule has 7 heteroatoms. The van der Waals surface area contributed by atoms with Gasteiger partial charge in [0.1, 0.15) is 10.8 Å². The van der Waals surface area contributed by atoms with Crippen LogP contribution in [-0.2, 0) is 4.74 Å². The van der Waals surface area contributed by atoms with Gasteiger partial charge in [0.2, 0.25) is 0 Å². The smallest absolute Gasteiger partial charge is 0.271 e. The zero-order valence-electron chi connectivity index (χ0n) is 13.6. The first-order valence-corrected chi connectivity index (χ1v) is 8.88. The van der Waals surface area contributed by atoms with Crippen LogP contribution < -0.4 is 5.32 Å². The van der Waals surface area contributed by atoms with Crippen molar-refractivity contribution in [3.05, 3.63) is 63.9 Å². The Morgan fingerprint density at radius 1 is 1.16 bits per heavy atom. The van der Waals surface area contributed by atoms with E-state index >= 15 is 0 Å². The molecule has 2 aromatic rings. The van der Waals surface area contributed by atoms with E-state index in [9.17, 15) is 4.79 Å². The molecular formula is C18H19Cl2N3O2. The second-order valence-electron chi connectivity index (χ2n) is 5.75. The van der Waals surface area contributed by atoms with Gasteiger partial charge in [-0.25, -0.2) is 4.98 Å². The lowest BCUT2D eigenvalue weighted by molar-refractivity contribution is 0.0162. The molecule has 5 nitrogen and oxygen atoms in total. The lowest BCUT2D eigenvalue weighted by atomic mass is 10.0. The van der Waals surface area contributed by atoms with E-state index in [2.05, 4.69) is 27.3 Å². The van der Waals surface area contributed by atoms with Crippen LogP contribution in [0.1, 0.15) is 22.1 Å². The van der Waals surface area contributed by atoms with E-state index in [-0.39, 0.29) is 27.8 Å². The van der Waals surface area contributed by atoms with E-state index in [1.54, 1.807) is 12.1 Å². The number of aromatic nitrogens is 1. The third kappa shape index (κ3) is 4.70. The van der Waals surface area contributed by atoms with E-state index in [0.717, 1.165) is 18.7 Å². The maximum absolute atomic E-state index is 12.5. The van der Waals surface area contributed by atoms with Gasteiger partial charge in [-0.1, -0.05) is 53.5 Å². The monoisotopic (exact) mass is 379 g/mol. The summed E-state index contributed by atoms with van der Waals surface area (Å²) in [5.41, 5.74) is 1.29. The van der Waals surface area contributed by atoms with Crippen molar-refractivity contribution in [3.8, 4) is 0 Å². The van der Waals surface area contributed by atoms with Crippen LogP contribution in [0.3, 0.4) is 0 Å². The number of morpholine rings is 1. The van der Waals surface area contributed by atoms with Crippen LogP contribution in [0.15, 0.2) is 42.5 Å². The molecule has 1 aromatic carbocycles. The molecule has 1 aliphatic heterocycles.